The van der Waals surface area contributed by atoms with Crippen molar-refractivity contribution in [1.29, 1.82) is 0 Å². The summed E-state index contributed by atoms with van der Waals surface area (Å²) in [6.07, 6.45) is 0. The van der Waals surface area contributed by atoms with Gasteiger partial charge < -0.3 is 9.73 Å². The highest BCUT2D eigenvalue weighted by Gasteiger charge is 2.17. The summed E-state index contributed by atoms with van der Waals surface area (Å²) in [6, 6.07) is 19.8. The smallest absolute Gasteiger partial charge is 0.300 e. The predicted octanol–water partition coefficient (Wildman–Crippen LogP) is 6.06. The molecular formula is C22H13F2N3O. The summed E-state index contributed by atoms with van der Waals surface area (Å²) in [6.45, 7) is 0. The number of pyridine rings is 1. The first-order chi connectivity index (χ1) is 13.7. The Balaban J connectivity index is 1.71. The molecule has 3 aromatic carbocycles. The molecule has 0 saturated carbocycles. The van der Waals surface area contributed by atoms with E-state index in [4.69, 9.17) is 9.40 Å². The summed E-state index contributed by atoms with van der Waals surface area (Å²) in [5, 5.41) is 3.86. The number of halogens is 2. The van der Waals surface area contributed by atoms with E-state index in [1.807, 2.05) is 24.3 Å². The number of benzene rings is 3. The van der Waals surface area contributed by atoms with E-state index in [1.165, 1.54) is 24.3 Å². The molecule has 0 spiro atoms. The number of nitrogens with zero attached hydrogens (tertiary/aromatic N) is 2. The molecule has 136 valence electrons. The van der Waals surface area contributed by atoms with Crippen LogP contribution in [-0.2, 0) is 0 Å². The number of para-hydroxylation sites is 1. The van der Waals surface area contributed by atoms with Gasteiger partial charge in [-0.05, 0) is 60.7 Å². The van der Waals surface area contributed by atoms with Crippen molar-refractivity contribution >= 4 is 33.7 Å². The zero-order chi connectivity index (χ0) is 19.1. The van der Waals surface area contributed by atoms with E-state index in [9.17, 15) is 8.78 Å². The van der Waals surface area contributed by atoms with Crippen molar-refractivity contribution in [2.75, 3.05) is 5.32 Å². The average Bonchev–Trinajstić information content (AvgIpc) is 3.14. The normalized spacial score (nSPS) is 11.2. The van der Waals surface area contributed by atoms with E-state index < -0.39 is 0 Å². The molecule has 0 fully saturated rings. The molecule has 0 saturated heterocycles. The van der Waals surface area contributed by atoms with E-state index in [0.717, 1.165) is 16.5 Å². The van der Waals surface area contributed by atoms with Crippen molar-refractivity contribution in [3.63, 3.8) is 0 Å². The van der Waals surface area contributed by atoms with Crippen LogP contribution in [-0.4, -0.2) is 9.97 Å². The summed E-state index contributed by atoms with van der Waals surface area (Å²) in [5.41, 5.74) is 3.88. The highest BCUT2D eigenvalue weighted by molar-refractivity contribution is 6.06. The Morgan fingerprint density at radius 1 is 0.750 bits per heavy atom. The minimum absolute atomic E-state index is 0.267. The van der Waals surface area contributed by atoms with Gasteiger partial charge in [0.15, 0.2) is 5.58 Å². The third-order valence-corrected chi connectivity index (χ3v) is 4.45. The van der Waals surface area contributed by atoms with Gasteiger partial charge in [-0.3, -0.25) is 0 Å². The molecule has 0 aliphatic carbocycles. The van der Waals surface area contributed by atoms with Gasteiger partial charge in [0.1, 0.15) is 22.8 Å². The number of aromatic nitrogens is 2. The number of rotatable bonds is 3. The molecule has 5 rings (SSSR count). The highest BCUT2D eigenvalue weighted by atomic mass is 19.1. The van der Waals surface area contributed by atoms with E-state index in [1.54, 1.807) is 24.3 Å². The van der Waals surface area contributed by atoms with Crippen LogP contribution in [0.2, 0.25) is 0 Å². The average molecular weight is 373 g/mol. The lowest BCUT2D eigenvalue weighted by molar-refractivity contribution is 0.623. The largest absolute Gasteiger partial charge is 0.422 e. The molecule has 1 N–H and O–H groups in total. The van der Waals surface area contributed by atoms with Crippen molar-refractivity contribution < 1.29 is 13.2 Å². The van der Waals surface area contributed by atoms with Crippen LogP contribution in [0.1, 0.15) is 0 Å². The van der Waals surface area contributed by atoms with Crippen LogP contribution in [0.4, 0.5) is 20.5 Å². The molecule has 6 heteroatoms. The number of anilines is 2. The topological polar surface area (TPSA) is 51.0 Å². The molecule has 0 atom stereocenters. The second-order valence-corrected chi connectivity index (χ2v) is 6.31. The molecule has 5 aromatic rings. The van der Waals surface area contributed by atoms with Crippen LogP contribution >= 0.6 is 0 Å². The van der Waals surface area contributed by atoms with Gasteiger partial charge in [0.05, 0.1) is 5.52 Å². The fraction of sp³-hybridized carbons (Fsp3) is 0. The predicted molar refractivity (Wildman–Crippen MR) is 104 cm³/mol. The van der Waals surface area contributed by atoms with Gasteiger partial charge in [0, 0.05) is 16.6 Å². The molecule has 0 aliphatic heterocycles. The van der Waals surface area contributed by atoms with Gasteiger partial charge in [-0.25, -0.2) is 13.8 Å². The van der Waals surface area contributed by atoms with Gasteiger partial charge in [-0.15, -0.1) is 0 Å². The fourth-order valence-electron chi connectivity index (χ4n) is 3.12. The van der Waals surface area contributed by atoms with Crippen LogP contribution in [0.5, 0.6) is 0 Å². The summed E-state index contributed by atoms with van der Waals surface area (Å²) < 4.78 is 32.5. The van der Waals surface area contributed by atoms with Gasteiger partial charge in [0.25, 0.3) is 6.01 Å². The number of oxazole rings is 1. The van der Waals surface area contributed by atoms with Crippen LogP contribution in [0, 0.1) is 11.6 Å². The Morgan fingerprint density at radius 2 is 1.43 bits per heavy atom. The van der Waals surface area contributed by atoms with Crippen molar-refractivity contribution in [2.24, 2.45) is 0 Å². The molecule has 0 unspecified atom stereocenters. The Kier molecular flexibility index (Phi) is 3.76. The zero-order valence-electron chi connectivity index (χ0n) is 14.5. The van der Waals surface area contributed by atoms with Crippen LogP contribution in [0.25, 0.3) is 33.3 Å². The summed E-state index contributed by atoms with van der Waals surface area (Å²) in [4.78, 5) is 9.26. The second kappa shape index (κ2) is 6.42. The Hall–Kier alpha value is -3.80. The standard InChI is InChI=1S/C22H13F2N3O/c23-14-7-5-13(6-8-14)19-20-21(17-3-1-2-4-18(17)26-19)28-22(27-20)25-16-11-9-15(24)10-12-16/h1-12H,(H,25,27). The van der Waals surface area contributed by atoms with Crippen molar-refractivity contribution in [2.45, 2.75) is 0 Å². The molecule has 2 heterocycles. The zero-order valence-corrected chi connectivity index (χ0v) is 14.5. The molecule has 2 aromatic heterocycles. The maximum Gasteiger partial charge on any atom is 0.300 e. The molecule has 0 radical (unpaired) electrons. The van der Waals surface area contributed by atoms with E-state index in [0.29, 0.717) is 22.5 Å². The maximum atomic E-state index is 13.4. The highest BCUT2D eigenvalue weighted by Crippen LogP contribution is 2.34. The molecule has 4 nitrogen and oxygen atoms in total. The molecule has 28 heavy (non-hydrogen) atoms. The van der Waals surface area contributed by atoms with E-state index in [-0.39, 0.29) is 17.6 Å². The van der Waals surface area contributed by atoms with Crippen LogP contribution < -0.4 is 5.32 Å². The summed E-state index contributed by atoms with van der Waals surface area (Å²) >= 11 is 0. The first kappa shape index (κ1) is 16.4. The summed E-state index contributed by atoms with van der Waals surface area (Å²) in [7, 11) is 0. The van der Waals surface area contributed by atoms with Crippen molar-refractivity contribution in [3.05, 3.63) is 84.4 Å². The van der Waals surface area contributed by atoms with Crippen LogP contribution in [0.15, 0.2) is 77.2 Å². The van der Waals surface area contributed by atoms with E-state index in [2.05, 4.69) is 10.3 Å². The minimum atomic E-state index is -0.322. The SMILES string of the molecule is Fc1ccc(Nc2nc3c(-c4ccc(F)cc4)nc4ccccc4c3o2)cc1. The van der Waals surface area contributed by atoms with Crippen LogP contribution in [0.3, 0.4) is 0 Å². The fourth-order valence-corrected chi connectivity index (χ4v) is 3.12. The number of nitrogens with one attached hydrogen (secondary N) is 1. The van der Waals surface area contributed by atoms with Gasteiger partial charge in [-0.1, -0.05) is 12.1 Å². The lowest BCUT2D eigenvalue weighted by Crippen LogP contribution is -1.91. The third-order valence-electron chi connectivity index (χ3n) is 4.45. The quantitative estimate of drug-likeness (QED) is 0.417. The Bertz CT molecular complexity index is 1300. The van der Waals surface area contributed by atoms with Crippen molar-refractivity contribution in [1.82, 2.24) is 9.97 Å². The number of fused-ring (bicyclic) bond motifs is 3. The third kappa shape index (κ3) is 2.85. The number of hydrogen-bond acceptors (Lipinski definition) is 4. The molecule has 0 amide bonds. The second-order valence-electron chi connectivity index (χ2n) is 6.31. The molecular weight excluding hydrogens is 360 g/mol. The van der Waals surface area contributed by atoms with Gasteiger partial charge in [0.2, 0.25) is 0 Å². The lowest BCUT2D eigenvalue weighted by atomic mass is 10.1. The Morgan fingerprint density at radius 3 is 2.18 bits per heavy atom. The van der Waals surface area contributed by atoms with E-state index >= 15 is 0 Å². The van der Waals surface area contributed by atoms with Gasteiger partial charge in [-0.2, -0.15) is 4.98 Å². The first-order valence-corrected chi connectivity index (χ1v) is 8.65. The number of hydrogen-bond donors (Lipinski definition) is 1. The first-order valence-electron chi connectivity index (χ1n) is 8.65. The molecule has 0 bridgehead atoms. The Labute approximate surface area is 158 Å². The van der Waals surface area contributed by atoms with Gasteiger partial charge >= 0.3 is 0 Å². The minimum Gasteiger partial charge on any atom is -0.422 e. The lowest BCUT2D eigenvalue weighted by Gasteiger charge is -2.04. The van der Waals surface area contributed by atoms with Crippen molar-refractivity contribution in [3.8, 4) is 11.3 Å². The summed E-state index contributed by atoms with van der Waals surface area (Å²) in [5.74, 6) is -0.642. The monoisotopic (exact) mass is 373 g/mol. The molecule has 0 aliphatic rings. The maximum absolute atomic E-state index is 13.4.